The highest BCUT2D eigenvalue weighted by molar-refractivity contribution is 5.78. The van der Waals surface area contributed by atoms with Crippen LogP contribution in [0.5, 0.6) is 0 Å². The van der Waals surface area contributed by atoms with Crippen LogP contribution < -0.4 is 0 Å². The highest BCUT2D eigenvalue weighted by Crippen LogP contribution is 2.18. The summed E-state index contributed by atoms with van der Waals surface area (Å²) < 4.78 is 0. The Kier molecular flexibility index (Phi) is 1.97. The maximum absolute atomic E-state index is 11.2. The summed E-state index contributed by atoms with van der Waals surface area (Å²) in [5, 5.41) is 0. The molecule has 10 heavy (non-hydrogen) atoms. The number of carbonyl (C=O) groups excluding carboxylic acids is 1. The molecule has 1 atom stereocenters. The predicted molar refractivity (Wildman–Crippen MR) is 40.6 cm³/mol. The van der Waals surface area contributed by atoms with E-state index in [1.165, 1.54) is 0 Å². The van der Waals surface area contributed by atoms with E-state index >= 15 is 0 Å². The molecule has 1 aliphatic rings. The molecule has 0 N–H and O–H groups in total. The standard InChI is InChI=1S/C8H15NO/c1-6(2)9-5-7(3)4-8(9)10/h6-7H,4-5H2,1-3H3. The minimum Gasteiger partial charge on any atom is -0.340 e. The first-order chi connectivity index (χ1) is 4.61. The Labute approximate surface area is 62.2 Å². The van der Waals surface area contributed by atoms with Gasteiger partial charge in [-0.3, -0.25) is 4.79 Å². The molecule has 0 aromatic carbocycles. The normalized spacial score (nSPS) is 26.6. The zero-order chi connectivity index (χ0) is 7.72. The number of hydrogen-bond donors (Lipinski definition) is 0. The van der Waals surface area contributed by atoms with E-state index in [0.29, 0.717) is 17.9 Å². The Balaban J connectivity index is 2.55. The fraction of sp³-hybridized carbons (Fsp3) is 0.875. The molecule has 0 bridgehead atoms. The molecule has 58 valence electrons. The van der Waals surface area contributed by atoms with Gasteiger partial charge in [-0.2, -0.15) is 0 Å². The highest BCUT2D eigenvalue weighted by Gasteiger charge is 2.27. The van der Waals surface area contributed by atoms with E-state index < -0.39 is 0 Å². The van der Waals surface area contributed by atoms with Crippen molar-refractivity contribution >= 4 is 5.91 Å². The summed E-state index contributed by atoms with van der Waals surface area (Å²) in [7, 11) is 0. The average Bonchev–Trinajstić information content (AvgIpc) is 2.10. The van der Waals surface area contributed by atoms with E-state index in [2.05, 4.69) is 20.8 Å². The first-order valence-electron chi connectivity index (χ1n) is 3.90. The van der Waals surface area contributed by atoms with Crippen LogP contribution in [0.25, 0.3) is 0 Å². The van der Waals surface area contributed by atoms with Crippen LogP contribution in [0, 0.1) is 5.92 Å². The lowest BCUT2D eigenvalue weighted by Crippen LogP contribution is -2.31. The third kappa shape index (κ3) is 1.31. The van der Waals surface area contributed by atoms with Gasteiger partial charge in [-0.15, -0.1) is 0 Å². The topological polar surface area (TPSA) is 20.3 Å². The summed E-state index contributed by atoms with van der Waals surface area (Å²) in [6.45, 7) is 7.21. The van der Waals surface area contributed by atoms with Crippen LogP contribution in [0.3, 0.4) is 0 Å². The van der Waals surface area contributed by atoms with Crippen molar-refractivity contribution in [3.05, 3.63) is 0 Å². The Morgan fingerprint density at radius 1 is 1.60 bits per heavy atom. The Morgan fingerprint density at radius 3 is 2.40 bits per heavy atom. The molecule has 1 amide bonds. The SMILES string of the molecule is CC1CC(=O)N(C(C)C)C1. The second-order valence-electron chi connectivity index (χ2n) is 3.45. The molecule has 2 nitrogen and oxygen atoms in total. The van der Waals surface area contributed by atoms with Crippen LogP contribution in [-0.2, 0) is 4.79 Å². The fourth-order valence-corrected chi connectivity index (χ4v) is 1.42. The first-order valence-corrected chi connectivity index (χ1v) is 3.90. The Morgan fingerprint density at radius 2 is 2.20 bits per heavy atom. The molecule has 0 aromatic heterocycles. The molecule has 1 rings (SSSR count). The molecule has 1 unspecified atom stereocenters. The van der Waals surface area contributed by atoms with Crippen molar-refractivity contribution in [3.63, 3.8) is 0 Å². The molecule has 2 heteroatoms. The van der Waals surface area contributed by atoms with Gasteiger partial charge in [0.15, 0.2) is 0 Å². The smallest absolute Gasteiger partial charge is 0.223 e. The lowest BCUT2D eigenvalue weighted by atomic mass is 10.2. The Bertz CT molecular complexity index is 142. The molecular formula is C8H15NO. The van der Waals surface area contributed by atoms with Gasteiger partial charge in [0.1, 0.15) is 0 Å². The molecule has 0 aromatic rings. The number of rotatable bonds is 1. The molecule has 0 radical (unpaired) electrons. The Hall–Kier alpha value is -0.530. The van der Waals surface area contributed by atoms with Gasteiger partial charge in [-0.05, 0) is 19.8 Å². The number of amides is 1. The summed E-state index contributed by atoms with van der Waals surface area (Å²) in [4.78, 5) is 13.1. The summed E-state index contributed by atoms with van der Waals surface area (Å²) >= 11 is 0. The van der Waals surface area contributed by atoms with Gasteiger partial charge in [0, 0.05) is 19.0 Å². The number of carbonyl (C=O) groups is 1. The first kappa shape index (κ1) is 7.58. The van der Waals surface area contributed by atoms with Gasteiger partial charge in [0.25, 0.3) is 0 Å². The quantitative estimate of drug-likeness (QED) is 0.538. The van der Waals surface area contributed by atoms with Crippen molar-refractivity contribution in [2.45, 2.75) is 33.2 Å². The minimum absolute atomic E-state index is 0.322. The van der Waals surface area contributed by atoms with Crippen LogP contribution in [0.15, 0.2) is 0 Å². The number of hydrogen-bond acceptors (Lipinski definition) is 1. The molecule has 0 saturated carbocycles. The lowest BCUT2D eigenvalue weighted by Gasteiger charge is -2.20. The van der Waals surface area contributed by atoms with Crippen LogP contribution in [0.2, 0.25) is 0 Å². The van der Waals surface area contributed by atoms with Gasteiger partial charge >= 0.3 is 0 Å². The van der Waals surface area contributed by atoms with Gasteiger partial charge < -0.3 is 4.90 Å². The van der Waals surface area contributed by atoms with Crippen molar-refractivity contribution in [1.29, 1.82) is 0 Å². The zero-order valence-corrected chi connectivity index (χ0v) is 6.92. The second-order valence-corrected chi connectivity index (χ2v) is 3.45. The molecule has 1 heterocycles. The van der Waals surface area contributed by atoms with E-state index in [1.54, 1.807) is 0 Å². The fourth-order valence-electron chi connectivity index (χ4n) is 1.42. The molecular weight excluding hydrogens is 126 g/mol. The second kappa shape index (κ2) is 2.60. The summed E-state index contributed by atoms with van der Waals surface area (Å²) in [6, 6.07) is 0.387. The molecule has 0 aliphatic carbocycles. The summed E-state index contributed by atoms with van der Waals surface area (Å²) in [5.41, 5.74) is 0. The summed E-state index contributed by atoms with van der Waals surface area (Å²) in [6.07, 6.45) is 0.748. The van der Waals surface area contributed by atoms with Crippen LogP contribution >= 0.6 is 0 Å². The molecule has 1 fully saturated rings. The van der Waals surface area contributed by atoms with Crippen molar-refractivity contribution < 1.29 is 4.79 Å². The maximum Gasteiger partial charge on any atom is 0.223 e. The zero-order valence-electron chi connectivity index (χ0n) is 6.92. The van der Waals surface area contributed by atoms with Crippen LogP contribution in [0.4, 0.5) is 0 Å². The monoisotopic (exact) mass is 141 g/mol. The lowest BCUT2D eigenvalue weighted by molar-refractivity contribution is -0.129. The molecule has 0 spiro atoms. The van der Waals surface area contributed by atoms with E-state index in [4.69, 9.17) is 0 Å². The van der Waals surface area contributed by atoms with E-state index in [0.717, 1.165) is 13.0 Å². The largest absolute Gasteiger partial charge is 0.340 e. The predicted octanol–water partition coefficient (Wildman–Crippen LogP) is 1.26. The van der Waals surface area contributed by atoms with Crippen molar-refractivity contribution in [1.82, 2.24) is 4.90 Å². The van der Waals surface area contributed by atoms with Crippen molar-refractivity contribution in [2.75, 3.05) is 6.54 Å². The van der Waals surface area contributed by atoms with E-state index in [9.17, 15) is 4.79 Å². The van der Waals surface area contributed by atoms with Gasteiger partial charge in [0.2, 0.25) is 5.91 Å². The number of nitrogens with zero attached hydrogens (tertiary/aromatic N) is 1. The maximum atomic E-state index is 11.2. The third-order valence-electron chi connectivity index (χ3n) is 1.98. The third-order valence-corrected chi connectivity index (χ3v) is 1.98. The van der Waals surface area contributed by atoms with Gasteiger partial charge in [-0.25, -0.2) is 0 Å². The molecule has 1 saturated heterocycles. The highest BCUT2D eigenvalue weighted by atomic mass is 16.2. The van der Waals surface area contributed by atoms with Gasteiger partial charge in [-0.1, -0.05) is 6.92 Å². The summed E-state index contributed by atoms with van der Waals surface area (Å²) in [5.74, 6) is 0.886. The van der Waals surface area contributed by atoms with Gasteiger partial charge in [0.05, 0.1) is 0 Å². The van der Waals surface area contributed by atoms with E-state index in [-0.39, 0.29) is 0 Å². The molecule has 1 aliphatic heterocycles. The number of likely N-dealkylation sites (tertiary alicyclic amines) is 1. The van der Waals surface area contributed by atoms with Crippen molar-refractivity contribution in [3.8, 4) is 0 Å². The average molecular weight is 141 g/mol. The van der Waals surface area contributed by atoms with E-state index in [1.807, 2.05) is 4.90 Å². The van der Waals surface area contributed by atoms with Crippen LogP contribution in [-0.4, -0.2) is 23.4 Å². The van der Waals surface area contributed by atoms with Crippen molar-refractivity contribution in [2.24, 2.45) is 5.92 Å². The minimum atomic E-state index is 0.322. The van der Waals surface area contributed by atoms with Crippen LogP contribution in [0.1, 0.15) is 27.2 Å².